The highest BCUT2D eigenvalue weighted by molar-refractivity contribution is 6.35. The lowest BCUT2D eigenvalue weighted by molar-refractivity contribution is 0.304. The maximum atomic E-state index is 13.2. The highest BCUT2D eigenvalue weighted by Gasteiger charge is 2.22. The molecule has 0 saturated carbocycles. The minimum absolute atomic E-state index is 0.00815. The third-order valence-electron chi connectivity index (χ3n) is 5.54. The Morgan fingerprint density at radius 2 is 1.93 bits per heavy atom. The molecule has 4 rings (SSSR count). The number of imidazole rings is 1. The van der Waals surface area contributed by atoms with Crippen molar-refractivity contribution in [1.29, 1.82) is 0 Å². The standard InChI is InChI=1S/C20H23ClN6O2/c1-11(24(2)3)17-23-18-16(25(17)4)19(28)27(20(29)26(18)5)10-12-9-13-14(21)7-6-8-15(13)22-12/h6-9,11,22H,10H2,1-5H3. The average molecular weight is 415 g/mol. The number of hydrogen-bond acceptors (Lipinski definition) is 4. The number of H-pyrrole nitrogens is 1. The largest absolute Gasteiger partial charge is 0.357 e. The second kappa shape index (κ2) is 6.89. The summed E-state index contributed by atoms with van der Waals surface area (Å²) in [5.74, 6) is 0.729. The van der Waals surface area contributed by atoms with E-state index in [0.717, 1.165) is 22.4 Å². The number of nitrogens with zero attached hydrogens (tertiary/aromatic N) is 5. The third-order valence-corrected chi connectivity index (χ3v) is 5.87. The zero-order valence-corrected chi connectivity index (χ0v) is 17.8. The minimum Gasteiger partial charge on any atom is -0.357 e. The summed E-state index contributed by atoms with van der Waals surface area (Å²) in [6.07, 6.45) is 0. The van der Waals surface area contributed by atoms with Crippen molar-refractivity contribution < 1.29 is 0 Å². The number of aromatic amines is 1. The zero-order valence-electron chi connectivity index (χ0n) is 17.0. The van der Waals surface area contributed by atoms with Crippen molar-refractivity contribution in [2.45, 2.75) is 19.5 Å². The number of aromatic nitrogens is 5. The summed E-state index contributed by atoms with van der Waals surface area (Å²) in [4.78, 5) is 36.0. The van der Waals surface area contributed by atoms with Crippen LogP contribution in [0.5, 0.6) is 0 Å². The summed E-state index contributed by atoms with van der Waals surface area (Å²) in [6.45, 7) is 2.13. The fourth-order valence-electron chi connectivity index (χ4n) is 3.64. The van der Waals surface area contributed by atoms with E-state index < -0.39 is 5.69 Å². The number of benzene rings is 1. The van der Waals surface area contributed by atoms with Gasteiger partial charge in [0.15, 0.2) is 11.2 Å². The monoisotopic (exact) mass is 414 g/mol. The fourth-order valence-corrected chi connectivity index (χ4v) is 3.86. The Kier molecular flexibility index (Phi) is 4.63. The van der Waals surface area contributed by atoms with Crippen LogP contribution >= 0.6 is 11.6 Å². The Morgan fingerprint density at radius 3 is 2.59 bits per heavy atom. The van der Waals surface area contributed by atoms with Gasteiger partial charge in [-0.05, 0) is 39.2 Å². The molecular weight excluding hydrogens is 392 g/mol. The van der Waals surface area contributed by atoms with Crippen LogP contribution < -0.4 is 11.2 Å². The number of hydrogen-bond donors (Lipinski definition) is 1. The molecule has 1 aromatic carbocycles. The Hall–Kier alpha value is -2.84. The van der Waals surface area contributed by atoms with Crippen molar-refractivity contribution >= 4 is 33.7 Å². The lowest BCUT2D eigenvalue weighted by Gasteiger charge is -2.18. The van der Waals surface area contributed by atoms with E-state index in [0.29, 0.717) is 16.2 Å². The van der Waals surface area contributed by atoms with Gasteiger partial charge in [0.05, 0.1) is 12.6 Å². The first kappa shape index (κ1) is 19.5. The van der Waals surface area contributed by atoms with Gasteiger partial charge in [0.2, 0.25) is 0 Å². The van der Waals surface area contributed by atoms with Crippen molar-refractivity contribution in [3.63, 3.8) is 0 Å². The second-order valence-corrected chi connectivity index (χ2v) is 7.98. The van der Waals surface area contributed by atoms with Crippen LogP contribution in [0, 0.1) is 0 Å². The predicted octanol–water partition coefficient (Wildman–Crippen LogP) is 2.24. The van der Waals surface area contributed by atoms with Crippen LogP contribution in [0.25, 0.3) is 22.1 Å². The van der Waals surface area contributed by atoms with Gasteiger partial charge in [-0.1, -0.05) is 17.7 Å². The van der Waals surface area contributed by atoms with Gasteiger partial charge < -0.3 is 9.55 Å². The molecule has 0 aliphatic carbocycles. The van der Waals surface area contributed by atoms with E-state index >= 15 is 0 Å². The van der Waals surface area contributed by atoms with E-state index in [2.05, 4.69) is 9.97 Å². The Bertz CT molecular complexity index is 1360. The molecule has 4 aromatic rings. The summed E-state index contributed by atoms with van der Waals surface area (Å²) in [6, 6.07) is 7.43. The lowest BCUT2D eigenvalue weighted by Crippen LogP contribution is -2.39. The summed E-state index contributed by atoms with van der Waals surface area (Å²) in [5, 5.41) is 1.48. The van der Waals surface area contributed by atoms with Crippen LogP contribution in [0.1, 0.15) is 24.5 Å². The summed E-state index contributed by atoms with van der Waals surface area (Å²) in [7, 11) is 7.34. The maximum absolute atomic E-state index is 13.2. The minimum atomic E-state index is -0.408. The van der Waals surface area contributed by atoms with Gasteiger partial charge in [0.1, 0.15) is 5.82 Å². The Morgan fingerprint density at radius 1 is 1.21 bits per heavy atom. The Labute approximate surface area is 171 Å². The number of aryl methyl sites for hydroxylation is 2. The van der Waals surface area contributed by atoms with Crippen molar-refractivity contribution in [3.8, 4) is 0 Å². The number of halogens is 1. The highest BCUT2D eigenvalue weighted by Crippen LogP contribution is 2.24. The number of nitrogens with one attached hydrogen (secondary N) is 1. The van der Waals surface area contributed by atoms with Crippen molar-refractivity contribution in [3.05, 3.63) is 61.6 Å². The molecule has 1 unspecified atom stereocenters. The quantitative estimate of drug-likeness (QED) is 0.555. The molecule has 9 heteroatoms. The van der Waals surface area contributed by atoms with Gasteiger partial charge in [-0.15, -0.1) is 0 Å². The van der Waals surface area contributed by atoms with Gasteiger partial charge >= 0.3 is 5.69 Å². The van der Waals surface area contributed by atoms with Crippen molar-refractivity contribution in [1.82, 2.24) is 28.6 Å². The van der Waals surface area contributed by atoms with Crippen LogP contribution in [0.3, 0.4) is 0 Å². The SMILES string of the molecule is CC(c1nc2c(c(=O)n(Cc3cc4c(Cl)cccc4[nH]3)c(=O)n2C)n1C)N(C)C. The van der Waals surface area contributed by atoms with Crippen LogP contribution in [-0.2, 0) is 20.6 Å². The molecular formula is C20H23ClN6O2. The molecule has 0 saturated heterocycles. The third kappa shape index (κ3) is 2.99. The number of fused-ring (bicyclic) bond motifs is 2. The first-order valence-electron chi connectivity index (χ1n) is 9.29. The molecule has 0 radical (unpaired) electrons. The molecule has 3 heterocycles. The van der Waals surface area contributed by atoms with E-state index in [-0.39, 0.29) is 18.1 Å². The van der Waals surface area contributed by atoms with Gasteiger partial charge in [-0.25, -0.2) is 9.78 Å². The average Bonchev–Trinajstić information content (AvgIpc) is 3.24. The molecule has 0 aliphatic rings. The maximum Gasteiger partial charge on any atom is 0.332 e. The summed E-state index contributed by atoms with van der Waals surface area (Å²) in [5.41, 5.74) is 1.62. The first-order valence-corrected chi connectivity index (χ1v) is 9.67. The summed E-state index contributed by atoms with van der Waals surface area (Å²) < 4.78 is 4.44. The van der Waals surface area contributed by atoms with Crippen molar-refractivity contribution in [2.75, 3.05) is 14.1 Å². The molecule has 8 nitrogen and oxygen atoms in total. The molecule has 0 bridgehead atoms. The number of rotatable bonds is 4. The molecule has 0 spiro atoms. The van der Waals surface area contributed by atoms with E-state index in [1.165, 1.54) is 9.13 Å². The van der Waals surface area contributed by atoms with E-state index in [1.54, 1.807) is 11.6 Å². The molecule has 1 atom stereocenters. The van der Waals surface area contributed by atoms with Gasteiger partial charge in [0.25, 0.3) is 5.56 Å². The van der Waals surface area contributed by atoms with E-state index in [4.69, 9.17) is 11.6 Å². The molecule has 1 N–H and O–H groups in total. The molecule has 3 aromatic heterocycles. The first-order chi connectivity index (χ1) is 13.7. The van der Waals surface area contributed by atoms with Crippen molar-refractivity contribution in [2.24, 2.45) is 14.1 Å². The summed E-state index contributed by atoms with van der Waals surface area (Å²) >= 11 is 6.25. The second-order valence-electron chi connectivity index (χ2n) is 7.57. The van der Waals surface area contributed by atoms with E-state index in [1.807, 2.05) is 57.2 Å². The van der Waals surface area contributed by atoms with Crippen LogP contribution in [0.4, 0.5) is 0 Å². The van der Waals surface area contributed by atoms with Gasteiger partial charge in [-0.2, -0.15) is 0 Å². The predicted molar refractivity (Wildman–Crippen MR) is 115 cm³/mol. The molecule has 152 valence electrons. The molecule has 0 aliphatic heterocycles. The normalized spacial score (nSPS) is 13.1. The molecule has 29 heavy (non-hydrogen) atoms. The van der Waals surface area contributed by atoms with Gasteiger partial charge in [0, 0.05) is 35.7 Å². The molecule has 0 fully saturated rings. The van der Waals surface area contributed by atoms with Gasteiger partial charge in [-0.3, -0.25) is 18.8 Å². The van der Waals surface area contributed by atoms with Crippen LogP contribution in [0.15, 0.2) is 33.9 Å². The lowest BCUT2D eigenvalue weighted by atomic mass is 10.2. The smallest absolute Gasteiger partial charge is 0.332 e. The Balaban J connectivity index is 1.90. The van der Waals surface area contributed by atoms with Crippen LogP contribution in [-0.4, -0.2) is 42.7 Å². The highest BCUT2D eigenvalue weighted by atomic mass is 35.5. The van der Waals surface area contributed by atoms with E-state index in [9.17, 15) is 9.59 Å². The zero-order chi connectivity index (χ0) is 21.0. The van der Waals surface area contributed by atoms with Crippen LogP contribution in [0.2, 0.25) is 5.02 Å². The fraction of sp³-hybridized carbons (Fsp3) is 0.350. The molecule has 0 amide bonds. The topological polar surface area (TPSA) is 80.9 Å².